The Balaban J connectivity index is 0.852. The standard InChI is InChI=1S/C61H62/c1-9-37-15-11-12-16-45(37)46-25-19-39(31-38(46)10-2)40-20-27-49-50-29-23-43(35-56(50)60(5,6)55(49)32-40)44-24-30-52-51-28-22-42(34-57(51)61(7,8)58(52)36-44)41-21-26-48-47-17-13-14-18-53(47)59(3,4)54(48)33-41/h11-14,16-31,33-34,37,55-56,58H,9-10,15,32,35-36H2,1-8H3. The Morgan fingerprint density at radius 2 is 1.08 bits per heavy atom. The van der Waals surface area contributed by atoms with E-state index in [1.54, 1.807) is 22.3 Å². The molecular weight excluding hydrogens is 733 g/mol. The number of fused-ring (bicyclic) bond motifs is 9. The van der Waals surface area contributed by atoms with Gasteiger partial charge in [-0.3, -0.25) is 0 Å². The summed E-state index contributed by atoms with van der Waals surface area (Å²) in [6.45, 7) is 19.6. The first-order valence-electron chi connectivity index (χ1n) is 23.5. The molecule has 4 aromatic carbocycles. The number of allylic oxidation sites excluding steroid dienone is 16. The maximum Gasteiger partial charge on any atom is 0.0159 e. The van der Waals surface area contributed by atoms with Gasteiger partial charge in [0.1, 0.15) is 0 Å². The van der Waals surface area contributed by atoms with E-state index in [0.29, 0.717) is 23.7 Å². The van der Waals surface area contributed by atoms with Crippen molar-refractivity contribution in [1.82, 2.24) is 0 Å². The second-order valence-corrected chi connectivity index (χ2v) is 21.1. The van der Waals surface area contributed by atoms with Crippen LogP contribution in [0.25, 0.3) is 39.0 Å². The maximum absolute atomic E-state index is 2.57. The normalized spacial score (nSPS) is 25.6. The van der Waals surface area contributed by atoms with Gasteiger partial charge in [0.2, 0.25) is 0 Å². The van der Waals surface area contributed by atoms with Gasteiger partial charge in [-0.2, -0.15) is 0 Å². The Hall–Kier alpha value is -5.20. The van der Waals surface area contributed by atoms with Crippen molar-refractivity contribution in [3.8, 4) is 22.3 Å². The summed E-state index contributed by atoms with van der Waals surface area (Å²) in [4.78, 5) is 0. The van der Waals surface area contributed by atoms with Crippen LogP contribution >= 0.6 is 0 Å². The molecule has 0 aromatic heterocycles. The first-order chi connectivity index (χ1) is 29.4. The fourth-order valence-electron chi connectivity index (χ4n) is 13.2. The van der Waals surface area contributed by atoms with E-state index in [0.717, 1.165) is 32.1 Å². The molecule has 0 spiro atoms. The lowest BCUT2D eigenvalue weighted by molar-refractivity contribution is 0.207. The van der Waals surface area contributed by atoms with E-state index in [4.69, 9.17) is 0 Å². The SMILES string of the molecule is CCc1cc(C2=CC=C3C4=CC=C(C5=CC=C6c7ccc(-c8ccc9c(c8)C(C)(C)c8ccccc8-9)cc7C(C)(C)C6C5)CC4C(C)(C)C3C2)ccc1C1=CC=CCC1CC. The molecule has 0 saturated heterocycles. The van der Waals surface area contributed by atoms with E-state index in [2.05, 4.69) is 189 Å². The third-order valence-electron chi connectivity index (χ3n) is 17.1. The molecule has 11 rings (SSSR count). The number of rotatable bonds is 6. The minimum absolute atomic E-state index is 0.00117. The van der Waals surface area contributed by atoms with Crippen molar-refractivity contribution in [2.45, 2.75) is 105 Å². The van der Waals surface area contributed by atoms with Crippen LogP contribution in [0.2, 0.25) is 0 Å². The van der Waals surface area contributed by atoms with Gasteiger partial charge in [-0.05, 0) is 185 Å². The summed E-state index contributed by atoms with van der Waals surface area (Å²) in [7, 11) is 0. The second kappa shape index (κ2) is 13.9. The predicted octanol–water partition coefficient (Wildman–Crippen LogP) is 16.2. The zero-order chi connectivity index (χ0) is 42.0. The Kier molecular flexibility index (Phi) is 8.82. The number of aryl methyl sites for hydroxylation is 1. The molecule has 306 valence electrons. The van der Waals surface area contributed by atoms with Crippen LogP contribution in [0.15, 0.2) is 156 Å². The molecular formula is C61H62. The quantitative estimate of drug-likeness (QED) is 0.182. The molecule has 0 radical (unpaired) electrons. The van der Waals surface area contributed by atoms with Gasteiger partial charge in [-0.1, -0.05) is 177 Å². The summed E-state index contributed by atoms with van der Waals surface area (Å²) in [5.41, 5.74) is 26.7. The molecule has 7 aliphatic rings. The molecule has 0 heterocycles. The number of hydrogen-bond donors (Lipinski definition) is 0. The molecule has 1 fully saturated rings. The maximum atomic E-state index is 2.57. The van der Waals surface area contributed by atoms with Gasteiger partial charge in [0.05, 0.1) is 0 Å². The third-order valence-corrected chi connectivity index (χ3v) is 17.1. The summed E-state index contributed by atoms with van der Waals surface area (Å²) < 4.78 is 0. The molecule has 4 atom stereocenters. The molecule has 0 amide bonds. The zero-order valence-electron chi connectivity index (χ0n) is 37.8. The van der Waals surface area contributed by atoms with Crippen LogP contribution in [0.4, 0.5) is 0 Å². The van der Waals surface area contributed by atoms with Gasteiger partial charge >= 0.3 is 0 Å². The molecule has 1 saturated carbocycles. The van der Waals surface area contributed by atoms with Gasteiger partial charge in [0.15, 0.2) is 0 Å². The van der Waals surface area contributed by atoms with E-state index < -0.39 is 0 Å². The van der Waals surface area contributed by atoms with Crippen LogP contribution in [0.5, 0.6) is 0 Å². The summed E-state index contributed by atoms with van der Waals surface area (Å²) in [6, 6.07) is 30.9. The molecule has 4 unspecified atom stereocenters. The van der Waals surface area contributed by atoms with Gasteiger partial charge in [-0.15, -0.1) is 0 Å². The van der Waals surface area contributed by atoms with Gasteiger partial charge in [-0.25, -0.2) is 0 Å². The first-order valence-corrected chi connectivity index (χ1v) is 23.5. The lowest BCUT2D eigenvalue weighted by Gasteiger charge is -2.37. The van der Waals surface area contributed by atoms with Crippen molar-refractivity contribution in [1.29, 1.82) is 0 Å². The van der Waals surface area contributed by atoms with E-state index in [1.807, 2.05) is 0 Å². The molecule has 7 aliphatic carbocycles. The van der Waals surface area contributed by atoms with Crippen molar-refractivity contribution >= 4 is 16.7 Å². The average Bonchev–Trinajstić information content (AvgIpc) is 3.77. The largest absolute Gasteiger partial charge is 0.0839 e. The van der Waals surface area contributed by atoms with E-state index >= 15 is 0 Å². The van der Waals surface area contributed by atoms with Gasteiger partial charge in [0, 0.05) is 5.41 Å². The minimum Gasteiger partial charge on any atom is -0.0839 e. The summed E-state index contributed by atoms with van der Waals surface area (Å²) >= 11 is 0. The Labute approximate surface area is 366 Å². The molecule has 61 heavy (non-hydrogen) atoms. The van der Waals surface area contributed by atoms with Crippen LogP contribution in [0.1, 0.15) is 126 Å². The van der Waals surface area contributed by atoms with Crippen LogP contribution in [-0.2, 0) is 17.3 Å². The predicted molar refractivity (Wildman–Crippen MR) is 260 cm³/mol. The van der Waals surface area contributed by atoms with E-state index in [1.165, 1.54) is 84.3 Å². The van der Waals surface area contributed by atoms with Crippen LogP contribution < -0.4 is 0 Å². The minimum atomic E-state index is 0.00117. The molecule has 0 bridgehead atoms. The highest BCUT2D eigenvalue weighted by molar-refractivity contribution is 5.86. The van der Waals surface area contributed by atoms with Gasteiger partial charge < -0.3 is 0 Å². The van der Waals surface area contributed by atoms with Crippen molar-refractivity contribution in [2.75, 3.05) is 0 Å². The van der Waals surface area contributed by atoms with Crippen molar-refractivity contribution in [3.05, 3.63) is 195 Å². The topological polar surface area (TPSA) is 0 Å². The van der Waals surface area contributed by atoms with Crippen molar-refractivity contribution in [2.24, 2.45) is 29.1 Å². The lowest BCUT2D eigenvalue weighted by atomic mass is 9.67. The molecule has 0 aliphatic heterocycles. The van der Waals surface area contributed by atoms with Gasteiger partial charge in [0.25, 0.3) is 0 Å². The lowest BCUT2D eigenvalue weighted by Crippen LogP contribution is -2.28. The highest BCUT2D eigenvalue weighted by Gasteiger charge is 2.51. The first kappa shape index (κ1) is 38.7. The molecule has 0 nitrogen and oxygen atoms in total. The van der Waals surface area contributed by atoms with Crippen molar-refractivity contribution < 1.29 is 0 Å². The zero-order valence-corrected chi connectivity index (χ0v) is 37.8. The fourth-order valence-corrected chi connectivity index (χ4v) is 13.2. The van der Waals surface area contributed by atoms with Crippen LogP contribution in [0.3, 0.4) is 0 Å². The highest BCUT2D eigenvalue weighted by Crippen LogP contribution is 2.62. The Morgan fingerprint density at radius 1 is 0.492 bits per heavy atom. The average molecular weight is 795 g/mol. The fraction of sp³-hybridized carbons (Fsp3) is 0.344. The molecule has 0 N–H and O–H groups in total. The monoisotopic (exact) mass is 794 g/mol. The highest BCUT2D eigenvalue weighted by atomic mass is 14.5. The van der Waals surface area contributed by atoms with Crippen LogP contribution in [-0.4, -0.2) is 0 Å². The Bertz CT molecular complexity index is 2800. The van der Waals surface area contributed by atoms with E-state index in [-0.39, 0.29) is 16.2 Å². The second-order valence-electron chi connectivity index (χ2n) is 21.1. The van der Waals surface area contributed by atoms with E-state index in [9.17, 15) is 0 Å². The number of benzene rings is 4. The molecule has 4 aromatic rings. The Morgan fingerprint density at radius 3 is 1.80 bits per heavy atom. The van der Waals surface area contributed by atoms with Crippen molar-refractivity contribution in [3.63, 3.8) is 0 Å². The summed E-state index contributed by atoms with van der Waals surface area (Å²) in [5.74, 6) is 2.17. The third kappa shape index (κ3) is 5.76. The summed E-state index contributed by atoms with van der Waals surface area (Å²) in [5, 5.41) is 0. The smallest absolute Gasteiger partial charge is 0.0159 e. The molecule has 0 heteroatoms. The summed E-state index contributed by atoms with van der Waals surface area (Å²) in [6.07, 6.45) is 28.7. The van der Waals surface area contributed by atoms with Crippen LogP contribution in [0, 0.1) is 29.1 Å². The number of hydrogen-bond acceptors (Lipinski definition) is 0.